The number of nitrogens with zero attached hydrogens (tertiary/aromatic N) is 1. The Morgan fingerprint density at radius 2 is 2.17 bits per heavy atom. The van der Waals surface area contributed by atoms with Crippen LogP contribution in [0.2, 0.25) is 5.02 Å². The number of nitrogens with one attached hydrogen (secondary N) is 1. The van der Waals surface area contributed by atoms with E-state index in [0.29, 0.717) is 36.3 Å². The maximum absolute atomic E-state index is 11.9. The minimum Gasteiger partial charge on any atom is -0.489 e. The molecule has 1 N–H and O–H groups in total. The van der Waals surface area contributed by atoms with Crippen LogP contribution >= 0.6 is 11.6 Å². The first-order chi connectivity index (χ1) is 11.7. The zero-order valence-corrected chi connectivity index (χ0v) is 13.8. The molecule has 0 aliphatic carbocycles. The molecule has 124 valence electrons. The molecule has 3 rings (SSSR count). The zero-order valence-electron chi connectivity index (χ0n) is 13.0. The summed E-state index contributed by atoms with van der Waals surface area (Å²) >= 11 is 6.23. The molecule has 5 nitrogen and oxygen atoms in total. The van der Waals surface area contributed by atoms with Crippen LogP contribution in [0, 0.1) is 0 Å². The van der Waals surface area contributed by atoms with Gasteiger partial charge in [0.15, 0.2) is 11.5 Å². The lowest BCUT2D eigenvalue weighted by molar-refractivity contribution is -0.116. The number of ether oxygens (including phenoxy) is 2. The molecule has 0 bridgehead atoms. The molecule has 1 amide bonds. The van der Waals surface area contributed by atoms with Gasteiger partial charge in [0, 0.05) is 18.7 Å². The molecule has 0 saturated heterocycles. The topological polar surface area (TPSA) is 60.5 Å². The molecule has 0 spiro atoms. The van der Waals surface area contributed by atoms with E-state index in [1.807, 2.05) is 24.3 Å². The number of carbonyl (C=O) groups is 1. The average molecular weight is 345 g/mol. The lowest BCUT2D eigenvalue weighted by Gasteiger charge is -2.10. The number of carbonyl (C=O) groups excluding carboxylic acids is 1. The number of benzene rings is 1. The molecular weight excluding hydrogens is 328 g/mol. The standard InChI is InChI=1S/C18H17ClN2O3/c19-15-10-13(11-16-18(15)24-9-3-8-23-16)5-6-17(22)21-12-14-4-1-2-7-20-14/h1-2,4-7,10-11H,3,8-9,12H2,(H,21,22)/b6-5+. The van der Waals surface area contributed by atoms with Crippen LogP contribution in [0.25, 0.3) is 6.08 Å². The Kier molecular flexibility index (Phi) is 5.33. The van der Waals surface area contributed by atoms with E-state index in [9.17, 15) is 4.79 Å². The summed E-state index contributed by atoms with van der Waals surface area (Å²) in [5.41, 5.74) is 1.58. The Bertz CT molecular complexity index is 747. The number of fused-ring (bicyclic) bond motifs is 1. The van der Waals surface area contributed by atoms with Gasteiger partial charge in [-0.1, -0.05) is 17.7 Å². The highest BCUT2D eigenvalue weighted by Crippen LogP contribution is 2.38. The summed E-state index contributed by atoms with van der Waals surface area (Å²) in [7, 11) is 0. The van der Waals surface area contributed by atoms with Gasteiger partial charge in [-0.15, -0.1) is 0 Å². The van der Waals surface area contributed by atoms with Gasteiger partial charge in [-0.25, -0.2) is 0 Å². The first-order valence-corrected chi connectivity index (χ1v) is 8.05. The summed E-state index contributed by atoms with van der Waals surface area (Å²) in [5.74, 6) is 0.961. The van der Waals surface area contributed by atoms with Crippen molar-refractivity contribution in [3.05, 3.63) is 58.9 Å². The van der Waals surface area contributed by atoms with Crippen molar-refractivity contribution in [2.45, 2.75) is 13.0 Å². The molecule has 0 unspecified atom stereocenters. The second-order valence-corrected chi connectivity index (χ2v) is 5.66. The van der Waals surface area contributed by atoms with Gasteiger partial charge >= 0.3 is 0 Å². The predicted molar refractivity (Wildman–Crippen MR) is 92.2 cm³/mol. The van der Waals surface area contributed by atoms with Gasteiger partial charge in [-0.3, -0.25) is 9.78 Å². The van der Waals surface area contributed by atoms with Gasteiger partial charge < -0.3 is 14.8 Å². The number of rotatable bonds is 4. The van der Waals surface area contributed by atoms with Crippen LogP contribution in [0.1, 0.15) is 17.7 Å². The largest absolute Gasteiger partial charge is 0.489 e. The first kappa shape index (κ1) is 16.3. The van der Waals surface area contributed by atoms with Crippen molar-refractivity contribution in [3.63, 3.8) is 0 Å². The molecule has 24 heavy (non-hydrogen) atoms. The Balaban J connectivity index is 1.64. The van der Waals surface area contributed by atoms with E-state index in [1.165, 1.54) is 6.08 Å². The molecule has 0 atom stereocenters. The second-order valence-electron chi connectivity index (χ2n) is 5.25. The molecule has 1 aliphatic heterocycles. The zero-order chi connectivity index (χ0) is 16.8. The number of aromatic nitrogens is 1. The molecular formula is C18H17ClN2O3. The highest BCUT2D eigenvalue weighted by molar-refractivity contribution is 6.32. The summed E-state index contributed by atoms with van der Waals surface area (Å²) in [6.07, 6.45) is 5.65. The molecule has 1 aromatic carbocycles. The minimum absolute atomic E-state index is 0.205. The summed E-state index contributed by atoms with van der Waals surface area (Å²) in [6, 6.07) is 9.13. The summed E-state index contributed by atoms with van der Waals surface area (Å²) < 4.78 is 11.2. The maximum atomic E-state index is 11.9. The van der Waals surface area contributed by atoms with Crippen LogP contribution < -0.4 is 14.8 Å². The molecule has 0 fully saturated rings. The van der Waals surface area contributed by atoms with Gasteiger partial charge in [0.25, 0.3) is 0 Å². The van der Waals surface area contributed by atoms with E-state index in [-0.39, 0.29) is 5.91 Å². The van der Waals surface area contributed by atoms with E-state index in [0.717, 1.165) is 17.7 Å². The first-order valence-electron chi connectivity index (χ1n) is 7.67. The summed E-state index contributed by atoms with van der Waals surface area (Å²) in [4.78, 5) is 16.1. The second kappa shape index (κ2) is 7.84. The van der Waals surface area contributed by atoms with Crippen molar-refractivity contribution in [3.8, 4) is 11.5 Å². The fourth-order valence-corrected chi connectivity index (χ4v) is 2.53. The van der Waals surface area contributed by atoms with Crippen LogP contribution in [-0.4, -0.2) is 24.1 Å². The highest BCUT2D eigenvalue weighted by Gasteiger charge is 2.14. The van der Waals surface area contributed by atoms with Crippen molar-refractivity contribution >= 4 is 23.6 Å². The third kappa shape index (κ3) is 4.26. The van der Waals surface area contributed by atoms with Crippen molar-refractivity contribution in [2.75, 3.05) is 13.2 Å². The van der Waals surface area contributed by atoms with Crippen LogP contribution in [0.15, 0.2) is 42.6 Å². The number of halogens is 1. The highest BCUT2D eigenvalue weighted by atomic mass is 35.5. The van der Waals surface area contributed by atoms with Crippen molar-refractivity contribution in [1.29, 1.82) is 0 Å². The number of hydrogen-bond donors (Lipinski definition) is 1. The normalized spacial score (nSPS) is 13.5. The Labute approximate surface area is 145 Å². The van der Waals surface area contributed by atoms with Crippen LogP contribution in [0.3, 0.4) is 0 Å². The quantitative estimate of drug-likeness (QED) is 0.865. The van der Waals surface area contributed by atoms with Crippen molar-refractivity contribution in [1.82, 2.24) is 10.3 Å². The maximum Gasteiger partial charge on any atom is 0.244 e. The van der Waals surface area contributed by atoms with Crippen LogP contribution in [0.4, 0.5) is 0 Å². The van der Waals surface area contributed by atoms with E-state index in [4.69, 9.17) is 21.1 Å². The number of pyridine rings is 1. The minimum atomic E-state index is -0.205. The lowest BCUT2D eigenvalue weighted by Crippen LogP contribution is -2.20. The molecule has 2 heterocycles. The van der Waals surface area contributed by atoms with Crippen molar-refractivity contribution < 1.29 is 14.3 Å². The summed E-state index contributed by atoms with van der Waals surface area (Å²) in [5, 5.41) is 3.25. The van der Waals surface area contributed by atoms with Crippen LogP contribution in [0.5, 0.6) is 11.5 Å². The smallest absolute Gasteiger partial charge is 0.244 e. The summed E-state index contributed by atoms with van der Waals surface area (Å²) in [6.45, 7) is 1.55. The Hall–Kier alpha value is -2.53. The molecule has 0 radical (unpaired) electrons. The van der Waals surface area contributed by atoms with Gasteiger partial charge in [0.2, 0.25) is 5.91 Å². The van der Waals surface area contributed by atoms with Gasteiger partial charge in [-0.2, -0.15) is 0 Å². The third-order valence-electron chi connectivity index (χ3n) is 3.42. The molecule has 2 aromatic rings. The molecule has 6 heteroatoms. The Morgan fingerprint density at radius 3 is 3.00 bits per heavy atom. The SMILES string of the molecule is O=C(/C=C/c1cc(Cl)c2c(c1)OCCCO2)NCc1ccccn1. The average Bonchev–Trinajstić information content (AvgIpc) is 2.85. The van der Waals surface area contributed by atoms with E-state index in [2.05, 4.69) is 10.3 Å². The fraction of sp³-hybridized carbons (Fsp3) is 0.222. The van der Waals surface area contributed by atoms with E-state index >= 15 is 0 Å². The van der Waals surface area contributed by atoms with Crippen molar-refractivity contribution in [2.24, 2.45) is 0 Å². The predicted octanol–water partition coefficient (Wildman–Crippen LogP) is 3.23. The molecule has 1 aliphatic rings. The molecule has 0 saturated carbocycles. The third-order valence-corrected chi connectivity index (χ3v) is 3.70. The van der Waals surface area contributed by atoms with E-state index in [1.54, 1.807) is 18.3 Å². The van der Waals surface area contributed by atoms with E-state index < -0.39 is 0 Å². The number of amides is 1. The number of hydrogen-bond acceptors (Lipinski definition) is 4. The lowest BCUT2D eigenvalue weighted by atomic mass is 10.2. The van der Waals surface area contributed by atoms with Crippen LogP contribution in [-0.2, 0) is 11.3 Å². The molecule has 1 aromatic heterocycles. The monoisotopic (exact) mass is 344 g/mol. The Morgan fingerprint density at radius 1 is 1.29 bits per heavy atom. The fourth-order valence-electron chi connectivity index (χ4n) is 2.26. The van der Waals surface area contributed by atoms with Gasteiger partial charge in [0.05, 0.1) is 30.5 Å². The van der Waals surface area contributed by atoms with Gasteiger partial charge in [0.1, 0.15) is 0 Å². The van der Waals surface area contributed by atoms with Gasteiger partial charge in [-0.05, 0) is 35.9 Å².